The zero-order chi connectivity index (χ0) is 12.7. The summed E-state index contributed by atoms with van der Waals surface area (Å²) in [5, 5.41) is 3.61. The minimum Gasteiger partial charge on any atom is -0.370 e. The van der Waals surface area contributed by atoms with E-state index in [2.05, 4.69) is 42.5 Å². The Morgan fingerprint density at radius 1 is 1.53 bits per heavy atom. The molecule has 0 amide bonds. The number of benzene rings is 1. The molecule has 0 radical (unpaired) electrons. The van der Waals surface area contributed by atoms with E-state index in [0.29, 0.717) is 11.2 Å². The van der Waals surface area contributed by atoms with Gasteiger partial charge in [0.15, 0.2) is 5.96 Å². The van der Waals surface area contributed by atoms with Crippen LogP contribution < -0.4 is 11.1 Å². The van der Waals surface area contributed by atoms with Gasteiger partial charge in [-0.05, 0) is 30.4 Å². The van der Waals surface area contributed by atoms with E-state index in [1.165, 1.54) is 5.56 Å². The Bertz CT molecular complexity index is 377. The SMILES string of the molecule is CCc1cccc(NC(N)=NCC(C)SC)c1. The standard InChI is InChI=1S/C13H21N3S/c1-4-11-6-5-7-12(8-11)16-13(14)15-9-10(2)17-3/h5-8,10H,4,9H2,1-3H3,(H3,14,15,16). The maximum absolute atomic E-state index is 5.83. The molecule has 4 heteroatoms. The van der Waals surface area contributed by atoms with Crippen molar-refractivity contribution < 1.29 is 0 Å². The fourth-order valence-electron chi connectivity index (χ4n) is 1.36. The normalized spacial score (nSPS) is 13.5. The molecule has 0 aromatic heterocycles. The van der Waals surface area contributed by atoms with Crippen LogP contribution in [0.15, 0.2) is 29.3 Å². The summed E-state index contributed by atoms with van der Waals surface area (Å²) in [4.78, 5) is 4.31. The van der Waals surface area contributed by atoms with Crippen LogP contribution >= 0.6 is 11.8 Å². The van der Waals surface area contributed by atoms with Crippen LogP contribution in [-0.4, -0.2) is 24.0 Å². The summed E-state index contributed by atoms with van der Waals surface area (Å²) < 4.78 is 0. The van der Waals surface area contributed by atoms with E-state index in [4.69, 9.17) is 5.73 Å². The van der Waals surface area contributed by atoms with Crippen LogP contribution in [0.5, 0.6) is 0 Å². The number of nitrogens with one attached hydrogen (secondary N) is 1. The molecule has 0 saturated carbocycles. The van der Waals surface area contributed by atoms with E-state index in [0.717, 1.165) is 18.7 Å². The minimum atomic E-state index is 0.485. The van der Waals surface area contributed by atoms with E-state index in [1.54, 1.807) is 11.8 Å². The van der Waals surface area contributed by atoms with Crippen LogP contribution in [0.25, 0.3) is 0 Å². The third-order valence-corrected chi connectivity index (χ3v) is 3.48. The molecule has 0 aliphatic rings. The van der Waals surface area contributed by atoms with Crippen molar-refractivity contribution in [1.29, 1.82) is 0 Å². The lowest BCUT2D eigenvalue weighted by Gasteiger charge is -2.08. The van der Waals surface area contributed by atoms with E-state index in [-0.39, 0.29) is 0 Å². The predicted molar refractivity (Wildman–Crippen MR) is 78.9 cm³/mol. The molecular formula is C13H21N3S. The second-order valence-electron chi connectivity index (χ2n) is 3.95. The van der Waals surface area contributed by atoms with Gasteiger partial charge in [0.2, 0.25) is 0 Å². The van der Waals surface area contributed by atoms with Crippen molar-refractivity contribution in [3.05, 3.63) is 29.8 Å². The van der Waals surface area contributed by atoms with Crippen LogP contribution in [0.1, 0.15) is 19.4 Å². The van der Waals surface area contributed by atoms with Gasteiger partial charge in [-0.3, -0.25) is 4.99 Å². The zero-order valence-electron chi connectivity index (χ0n) is 10.7. The first-order chi connectivity index (χ1) is 8.15. The number of thioether (sulfide) groups is 1. The number of rotatable bonds is 5. The molecule has 0 aliphatic carbocycles. The van der Waals surface area contributed by atoms with Crippen LogP contribution in [0.2, 0.25) is 0 Å². The van der Waals surface area contributed by atoms with Gasteiger partial charge in [0, 0.05) is 10.9 Å². The summed E-state index contributed by atoms with van der Waals surface area (Å²) in [6, 6.07) is 8.23. The molecule has 0 bridgehead atoms. The van der Waals surface area contributed by atoms with E-state index >= 15 is 0 Å². The lowest BCUT2D eigenvalue weighted by Crippen LogP contribution is -2.23. The van der Waals surface area contributed by atoms with Crippen LogP contribution in [0.3, 0.4) is 0 Å². The molecule has 17 heavy (non-hydrogen) atoms. The first-order valence-corrected chi connectivity index (χ1v) is 7.13. The highest BCUT2D eigenvalue weighted by molar-refractivity contribution is 7.99. The molecular weight excluding hydrogens is 230 g/mol. The lowest BCUT2D eigenvalue weighted by molar-refractivity contribution is 0.951. The Morgan fingerprint density at radius 2 is 2.29 bits per heavy atom. The van der Waals surface area contributed by atoms with Gasteiger partial charge in [-0.15, -0.1) is 0 Å². The fraction of sp³-hybridized carbons (Fsp3) is 0.462. The second-order valence-corrected chi connectivity index (χ2v) is 5.23. The Kier molecular flexibility index (Phi) is 5.91. The van der Waals surface area contributed by atoms with Gasteiger partial charge in [0.1, 0.15) is 0 Å². The molecule has 1 aromatic carbocycles. The highest BCUT2D eigenvalue weighted by Crippen LogP contribution is 2.11. The van der Waals surface area contributed by atoms with Gasteiger partial charge in [-0.25, -0.2) is 0 Å². The summed E-state index contributed by atoms with van der Waals surface area (Å²) in [6.45, 7) is 5.02. The maximum Gasteiger partial charge on any atom is 0.193 e. The summed E-state index contributed by atoms with van der Waals surface area (Å²) in [5.41, 5.74) is 8.12. The van der Waals surface area contributed by atoms with Crippen molar-refractivity contribution in [2.24, 2.45) is 10.7 Å². The van der Waals surface area contributed by atoms with Crippen molar-refractivity contribution >= 4 is 23.4 Å². The predicted octanol–water partition coefficient (Wildman–Crippen LogP) is 2.73. The highest BCUT2D eigenvalue weighted by atomic mass is 32.2. The lowest BCUT2D eigenvalue weighted by atomic mass is 10.1. The molecule has 94 valence electrons. The molecule has 1 aromatic rings. The van der Waals surface area contributed by atoms with E-state index < -0.39 is 0 Å². The number of anilines is 1. The molecule has 3 nitrogen and oxygen atoms in total. The Morgan fingerprint density at radius 3 is 2.94 bits per heavy atom. The van der Waals surface area contributed by atoms with Crippen molar-refractivity contribution in [3.63, 3.8) is 0 Å². The third-order valence-electron chi connectivity index (χ3n) is 2.53. The van der Waals surface area contributed by atoms with Gasteiger partial charge < -0.3 is 11.1 Å². The smallest absolute Gasteiger partial charge is 0.193 e. The quantitative estimate of drug-likeness (QED) is 0.625. The number of nitrogens with zero attached hydrogens (tertiary/aromatic N) is 1. The summed E-state index contributed by atoms with van der Waals surface area (Å²) >= 11 is 1.79. The number of hydrogen-bond donors (Lipinski definition) is 2. The molecule has 0 aliphatic heterocycles. The average molecular weight is 251 g/mol. The van der Waals surface area contributed by atoms with Crippen LogP contribution in [0.4, 0.5) is 5.69 Å². The van der Waals surface area contributed by atoms with Crippen molar-refractivity contribution in [2.45, 2.75) is 25.5 Å². The van der Waals surface area contributed by atoms with Crippen LogP contribution in [0, 0.1) is 0 Å². The average Bonchev–Trinajstić information content (AvgIpc) is 2.36. The first kappa shape index (κ1) is 13.9. The van der Waals surface area contributed by atoms with Gasteiger partial charge in [-0.2, -0.15) is 11.8 Å². The summed E-state index contributed by atoms with van der Waals surface area (Å²) in [6.07, 6.45) is 3.10. The van der Waals surface area contributed by atoms with Gasteiger partial charge in [-0.1, -0.05) is 26.0 Å². The molecule has 0 spiro atoms. The first-order valence-electron chi connectivity index (χ1n) is 5.84. The Hall–Kier alpha value is -1.16. The number of nitrogens with two attached hydrogens (primary N) is 1. The van der Waals surface area contributed by atoms with Gasteiger partial charge in [0.05, 0.1) is 6.54 Å². The van der Waals surface area contributed by atoms with Crippen molar-refractivity contribution in [1.82, 2.24) is 0 Å². The third kappa shape index (κ3) is 5.13. The van der Waals surface area contributed by atoms with Crippen LogP contribution in [-0.2, 0) is 6.42 Å². The topological polar surface area (TPSA) is 50.4 Å². The second kappa shape index (κ2) is 7.22. The van der Waals surface area contributed by atoms with E-state index in [1.807, 2.05) is 12.1 Å². The summed E-state index contributed by atoms with van der Waals surface area (Å²) in [5.74, 6) is 0.485. The van der Waals surface area contributed by atoms with E-state index in [9.17, 15) is 0 Å². The Balaban J connectivity index is 2.57. The minimum absolute atomic E-state index is 0.485. The number of hydrogen-bond acceptors (Lipinski definition) is 2. The summed E-state index contributed by atoms with van der Waals surface area (Å²) in [7, 11) is 0. The van der Waals surface area contributed by atoms with Gasteiger partial charge >= 0.3 is 0 Å². The molecule has 1 rings (SSSR count). The fourth-order valence-corrected chi connectivity index (χ4v) is 1.58. The largest absolute Gasteiger partial charge is 0.370 e. The molecule has 1 unspecified atom stereocenters. The molecule has 0 fully saturated rings. The Labute approximate surface area is 108 Å². The highest BCUT2D eigenvalue weighted by Gasteiger charge is 1.99. The van der Waals surface area contributed by atoms with Crippen molar-refractivity contribution in [3.8, 4) is 0 Å². The number of guanidine groups is 1. The maximum atomic E-state index is 5.83. The number of aliphatic imine (C=N–C) groups is 1. The molecule has 3 N–H and O–H groups in total. The van der Waals surface area contributed by atoms with Gasteiger partial charge in [0.25, 0.3) is 0 Å². The van der Waals surface area contributed by atoms with Crippen molar-refractivity contribution in [2.75, 3.05) is 18.1 Å². The molecule has 1 atom stereocenters. The monoisotopic (exact) mass is 251 g/mol. The molecule has 0 heterocycles. The zero-order valence-corrected chi connectivity index (χ0v) is 11.6. The number of aryl methyl sites for hydroxylation is 1. The molecule has 0 saturated heterocycles.